The van der Waals surface area contributed by atoms with Gasteiger partial charge in [0.25, 0.3) is 0 Å². The molecule has 4 aromatic rings. The van der Waals surface area contributed by atoms with Crippen molar-refractivity contribution in [1.82, 2.24) is 24.5 Å². The number of nitrogen functional groups attached to an aromatic ring is 1. The summed E-state index contributed by atoms with van der Waals surface area (Å²) in [5.74, 6) is 0.417. The molecule has 1 aliphatic heterocycles. The van der Waals surface area contributed by atoms with Crippen LogP contribution in [0.3, 0.4) is 0 Å². The molecule has 3 aromatic heterocycles. The Morgan fingerprint density at radius 2 is 2.06 bits per heavy atom. The van der Waals surface area contributed by atoms with Gasteiger partial charge < -0.3 is 10.5 Å². The van der Waals surface area contributed by atoms with Gasteiger partial charge in [0.1, 0.15) is 11.9 Å². The number of hydrogen-bond acceptors (Lipinski definition) is 5. The summed E-state index contributed by atoms with van der Waals surface area (Å²) in [5.41, 5.74) is 13.4. The maximum Gasteiger partial charge on any atom is 0.166 e. The molecule has 1 aromatic carbocycles. The normalized spacial score (nSPS) is 15.1. The molecule has 0 fully saturated rings. The molecule has 1 aliphatic rings. The van der Waals surface area contributed by atoms with Crippen LogP contribution in [0.4, 0.5) is 10.2 Å². The standard InChI is InChI=1S/C24H25FN6O/c1-5-31-23-15-9-21(24(26)27-11-15)32-14(3)20-10-17(25)6-7-18(20)22-16(12-30(4)29-22)8-19(23)13(2)28-31/h6-7,9-12,14H,5,8H2,1-4H3,(H2,26,27)/t14-/m1/s1. The van der Waals surface area contributed by atoms with Gasteiger partial charge in [0.05, 0.1) is 17.1 Å². The van der Waals surface area contributed by atoms with E-state index in [9.17, 15) is 4.39 Å². The van der Waals surface area contributed by atoms with Crippen LogP contribution in [-0.2, 0) is 20.0 Å². The Balaban J connectivity index is 1.84. The molecule has 2 N–H and O–H groups in total. The van der Waals surface area contributed by atoms with Crippen molar-refractivity contribution in [3.63, 3.8) is 0 Å². The van der Waals surface area contributed by atoms with Crippen molar-refractivity contribution >= 4 is 5.82 Å². The number of nitrogens with zero attached hydrogens (tertiary/aromatic N) is 5. The number of benzene rings is 1. The Bertz CT molecular complexity index is 1340. The molecule has 4 heterocycles. The number of rotatable bonds is 1. The minimum atomic E-state index is -0.466. The number of aromatic nitrogens is 5. The molecule has 0 unspecified atom stereocenters. The van der Waals surface area contributed by atoms with Crippen molar-refractivity contribution in [2.75, 3.05) is 5.73 Å². The van der Waals surface area contributed by atoms with Crippen LogP contribution >= 0.6 is 0 Å². The summed E-state index contributed by atoms with van der Waals surface area (Å²) >= 11 is 0. The Kier molecular flexibility index (Phi) is 4.73. The Hall–Kier alpha value is -3.68. The molecule has 164 valence electrons. The summed E-state index contributed by atoms with van der Waals surface area (Å²) in [4.78, 5) is 4.39. The molecule has 32 heavy (non-hydrogen) atoms. The minimum absolute atomic E-state index is 0.287. The van der Waals surface area contributed by atoms with Gasteiger partial charge in [-0.1, -0.05) is 0 Å². The van der Waals surface area contributed by atoms with Crippen LogP contribution in [0.2, 0.25) is 0 Å². The highest BCUT2D eigenvalue weighted by atomic mass is 19.1. The lowest BCUT2D eigenvalue weighted by atomic mass is 9.94. The van der Waals surface area contributed by atoms with Crippen LogP contribution in [0, 0.1) is 12.7 Å². The third kappa shape index (κ3) is 3.23. The molecule has 0 aliphatic carbocycles. The zero-order chi connectivity index (χ0) is 22.6. The van der Waals surface area contributed by atoms with E-state index < -0.39 is 6.10 Å². The largest absolute Gasteiger partial charge is 0.482 e. The summed E-state index contributed by atoms with van der Waals surface area (Å²) in [6.45, 7) is 6.67. The van der Waals surface area contributed by atoms with E-state index in [1.54, 1.807) is 16.9 Å². The third-order valence-corrected chi connectivity index (χ3v) is 5.99. The van der Waals surface area contributed by atoms with Gasteiger partial charge in [-0.05, 0) is 45.0 Å². The molecule has 0 radical (unpaired) electrons. The SMILES string of the molecule is CCn1nc(C)c2c1-c1cnc(N)c(c1)O[C@H](C)c1cc(F)ccc1-c1nn(C)cc1C2. The van der Waals surface area contributed by atoms with Gasteiger partial charge in [-0.25, -0.2) is 9.37 Å². The predicted octanol–water partition coefficient (Wildman–Crippen LogP) is 4.44. The molecule has 2 bridgehead atoms. The van der Waals surface area contributed by atoms with E-state index in [0.29, 0.717) is 17.7 Å². The van der Waals surface area contributed by atoms with Gasteiger partial charge in [0, 0.05) is 60.2 Å². The number of nitrogens with two attached hydrogens (primary N) is 1. The van der Waals surface area contributed by atoms with Crippen LogP contribution in [0.1, 0.15) is 42.3 Å². The van der Waals surface area contributed by atoms with Crippen molar-refractivity contribution in [3.05, 3.63) is 64.9 Å². The Labute approximate surface area is 185 Å². The highest BCUT2D eigenvalue weighted by Gasteiger charge is 2.25. The van der Waals surface area contributed by atoms with Crippen molar-refractivity contribution in [2.45, 2.75) is 39.8 Å². The van der Waals surface area contributed by atoms with Gasteiger partial charge in [0.15, 0.2) is 11.6 Å². The lowest BCUT2D eigenvalue weighted by Crippen LogP contribution is -2.10. The van der Waals surface area contributed by atoms with Crippen molar-refractivity contribution in [2.24, 2.45) is 7.05 Å². The van der Waals surface area contributed by atoms with E-state index >= 15 is 0 Å². The summed E-state index contributed by atoms with van der Waals surface area (Å²) < 4.78 is 24.3. The van der Waals surface area contributed by atoms with Gasteiger partial charge in [-0.3, -0.25) is 9.36 Å². The highest BCUT2D eigenvalue weighted by Crippen LogP contribution is 2.39. The van der Waals surface area contributed by atoms with E-state index in [1.807, 2.05) is 37.8 Å². The molecule has 7 nitrogen and oxygen atoms in total. The second-order valence-corrected chi connectivity index (χ2v) is 8.18. The minimum Gasteiger partial charge on any atom is -0.482 e. The molecule has 0 saturated carbocycles. The van der Waals surface area contributed by atoms with E-state index in [2.05, 4.69) is 11.9 Å². The first-order valence-corrected chi connectivity index (χ1v) is 10.7. The maximum atomic E-state index is 14.3. The molecule has 0 saturated heterocycles. The van der Waals surface area contributed by atoms with Gasteiger partial charge in [0.2, 0.25) is 0 Å². The molecule has 5 rings (SSSR count). The van der Waals surface area contributed by atoms with E-state index in [-0.39, 0.29) is 11.6 Å². The number of anilines is 1. The fourth-order valence-corrected chi connectivity index (χ4v) is 4.48. The lowest BCUT2D eigenvalue weighted by molar-refractivity contribution is 0.227. The lowest BCUT2D eigenvalue weighted by Gasteiger charge is -2.21. The average Bonchev–Trinajstić information content (AvgIpc) is 3.28. The monoisotopic (exact) mass is 432 g/mol. The fourth-order valence-electron chi connectivity index (χ4n) is 4.48. The van der Waals surface area contributed by atoms with Gasteiger partial charge in [-0.2, -0.15) is 10.2 Å². The molecular formula is C24H25FN6O. The quantitative estimate of drug-likeness (QED) is 0.481. The number of aryl methyl sites for hydroxylation is 3. The molecule has 0 spiro atoms. The highest BCUT2D eigenvalue weighted by molar-refractivity contribution is 5.72. The fraction of sp³-hybridized carbons (Fsp3) is 0.292. The van der Waals surface area contributed by atoms with E-state index in [1.165, 1.54) is 12.1 Å². The summed E-state index contributed by atoms with van der Waals surface area (Å²) in [6, 6.07) is 6.63. The van der Waals surface area contributed by atoms with Crippen LogP contribution < -0.4 is 10.5 Å². The van der Waals surface area contributed by atoms with Crippen LogP contribution in [-0.4, -0.2) is 24.5 Å². The van der Waals surface area contributed by atoms with E-state index in [0.717, 1.165) is 45.9 Å². The van der Waals surface area contributed by atoms with Gasteiger partial charge in [-0.15, -0.1) is 0 Å². The summed E-state index contributed by atoms with van der Waals surface area (Å²) in [6.07, 6.45) is 3.93. The number of ether oxygens (including phenoxy) is 1. The topological polar surface area (TPSA) is 83.8 Å². The van der Waals surface area contributed by atoms with Crippen LogP contribution in [0.15, 0.2) is 36.7 Å². The zero-order valence-electron chi connectivity index (χ0n) is 18.6. The first-order valence-electron chi connectivity index (χ1n) is 10.7. The van der Waals surface area contributed by atoms with Crippen LogP contribution in [0.25, 0.3) is 22.5 Å². The number of fused-ring (bicyclic) bond motifs is 7. The maximum absolute atomic E-state index is 14.3. The average molecular weight is 433 g/mol. The van der Waals surface area contributed by atoms with Crippen molar-refractivity contribution < 1.29 is 9.13 Å². The summed E-state index contributed by atoms with van der Waals surface area (Å²) in [5, 5.41) is 9.50. The molecular weight excluding hydrogens is 407 g/mol. The molecule has 0 amide bonds. The van der Waals surface area contributed by atoms with Crippen LogP contribution in [0.5, 0.6) is 5.75 Å². The second-order valence-electron chi connectivity index (χ2n) is 8.18. The Morgan fingerprint density at radius 3 is 2.84 bits per heavy atom. The zero-order valence-corrected chi connectivity index (χ0v) is 18.6. The first-order chi connectivity index (χ1) is 15.4. The predicted molar refractivity (Wildman–Crippen MR) is 121 cm³/mol. The summed E-state index contributed by atoms with van der Waals surface area (Å²) in [7, 11) is 1.89. The molecule has 1 atom stereocenters. The van der Waals surface area contributed by atoms with Crippen molar-refractivity contribution in [1.29, 1.82) is 0 Å². The van der Waals surface area contributed by atoms with Crippen molar-refractivity contribution in [3.8, 4) is 28.3 Å². The number of halogens is 1. The third-order valence-electron chi connectivity index (χ3n) is 5.99. The smallest absolute Gasteiger partial charge is 0.166 e. The van der Waals surface area contributed by atoms with Gasteiger partial charge >= 0.3 is 0 Å². The second kappa shape index (κ2) is 7.47. The Morgan fingerprint density at radius 1 is 1.25 bits per heavy atom. The number of pyridine rings is 1. The number of hydrogen-bond donors (Lipinski definition) is 1. The molecule has 8 heteroatoms. The van der Waals surface area contributed by atoms with E-state index in [4.69, 9.17) is 20.7 Å². The first kappa shape index (κ1) is 20.2.